The molecule has 0 atom stereocenters. The molecular weight excluding hydrogens is 214 g/mol. The molecule has 1 aromatic rings. The molecule has 0 bridgehead atoms. The van der Waals surface area contributed by atoms with Crippen LogP contribution in [0.1, 0.15) is 25.7 Å². The molecule has 0 aliphatic carbocycles. The Morgan fingerprint density at radius 2 is 2.33 bits per heavy atom. The van der Waals surface area contributed by atoms with E-state index in [1.54, 1.807) is 16.4 Å². The van der Waals surface area contributed by atoms with Crippen molar-refractivity contribution in [3.05, 3.63) is 6.33 Å². The monoisotopic (exact) mass is 229 g/mol. The van der Waals surface area contributed by atoms with Gasteiger partial charge in [-0.15, -0.1) is 0 Å². The van der Waals surface area contributed by atoms with Crippen molar-refractivity contribution >= 4 is 17.7 Å². The van der Waals surface area contributed by atoms with E-state index in [1.807, 2.05) is 7.05 Å². The average Bonchev–Trinajstić information content (AvgIpc) is 2.57. The Bertz CT molecular complexity index is 314. The Balaban J connectivity index is 2.03. The van der Waals surface area contributed by atoms with E-state index in [2.05, 4.69) is 10.1 Å². The van der Waals surface area contributed by atoms with Crippen molar-refractivity contribution in [3.8, 4) is 0 Å². The van der Waals surface area contributed by atoms with Gasteiger partial charge in [0.25, 0.3) is 0 Å². The summed E-state index contributed by atoms with van der Waals surface area (Å²) in [6.45, 7) is 0. The number of hydrogen-bond acceptors (Lipinski definition) is 4. The minimum atomic E-state index is -0.712. The topological polar surface area (TPSA) is 68.0 Å². The van der Waals surface area contributed by atoms with E-state index in [0.29, 0.717) is 0 Å². The van der Waals surface area contributed by atoms with Crippen molar-refractivity contribution in [2.45, 2.75) is 30.8 Å². The number of carboxylic acid groups (broad SMARTS) is 1. The third kappa shape index (κ3) is 4.83. The van der Waals surface area contributed by atoms with Gasteiger partial charge in [0, 0.05) is 19.2 Å². The summed E-state index contributed by atoms with van der Waals surface area (Å²) < 4.78 is 1.74. The third-order valence-electron chi connectivity index (χ3n) is 1.94. The van der Waals surface area contributed by atoms with Gasteiger partial charge in [0.1, 0.15) is 6.33 Å². The van der Waals surface area contributed by atoms with E-state index >= 15 is 0 Å². The lowest BCUT2D eigenvalue weighted by molar-refractivity contribution is -0.137. The summed E-state index contributed by atoms with van der Waals surface area (Å²) >= 11 is 1.65. The van der Waals surface area contributed by atoms with Crippen molar-refractivity contribution < 1.29 is 9.90 Å². The van der Waals surface area contributed by atoms with Crippen LogP contribution in [0.2, 0.25) is 0 Å². The lowest BCUT2D eigenvalue weighted by Crippen LogP contribution is -1.95. The fourth-order valence-electron chi connectivity index (χ4n) is 1.13. The standard InChI is InChI=1S/C9H15N3O2S/c1-12-9(10-7-11-12)15-6-4-2-3-5-8(13)14/h7H,2-6H2,1H3,(H,13,14). The molecule has 5 nitrogen and oxygen atoms in total. The summed E-state index contributed by atoms with van der Waals surface area (Å²) in [4.78, 5) is 14.3. The molecule has 1 N–H and O–H groups in total. The predicted molar refractivity (Wildman–Crippen MR) is 57.8 cm³/mol. The van der Waals surface area contributed by atoms with Gasteiger partial charge in [0.15, 0.2) is 5.16 Å². The summed E-state index contributed by atoms with van der Waals surface area (Å²) in [5.41, 5.74) is 0. The number of aromatic nitrogens is 3. The van der Waals surface area contributed by atoms with Gasteiger partial charge in [-0.25, -0.2) is 9.67 Å². The number of carboxylic acids is 1. The summed E-state index contributed by atoms with van der Waals surface area (Å²) in [5, 5.41) is 13.3. The molecule has 0 radical (unpaired) electrons. The summed E-state index contributed by atoms with van der Waals surface area (Å²) in [6.07, 6.45) is 4.54. The number of aliphatic carboxylic acids is 1. The van der Waals surface area contributed by atoms with Gasteiger partial charge >= 0.3 is 5.97 Å². The molecule has 0 amide bonds. The third-order valence-corrected chi connectivity index (χ3v) is 3.06. The van der Waals surface area contributed by atoms with Crippen LogP contribution in [0, 0.1) is 0 Å². The maximum atomic E-state index is 10.2. The minimum absolute atomic E-state index is 0.272. The van der Waals surface area contributed by atoms with Gasteiger partial charge in [-0.3, -0.25) is 4.79 Å². The van der Waals surface area contributed by atoms with Gasteiger partial charge in [0.2, 0.25) is 0 Å². The first-order chi connectivity index (χ1) is 7.20. The van der Waals surface area contributed by atoms with E-state index in [-0.39, 0.29) is 6.42 Å². The zero-order valence-electron chi connectivity index (χ0n) is 8.72. The van der Waals surface area contributed by atoms with E-state index in [9.17, 15) is 4.79 Å². The highest BCUT2D eigenvalue weighted by molar-refractivity contribution is 7.99. The molecular formula is C9H15N3O2S. The number of carbonyl (C=O) groups is 1. The molecule has 0 saturated carbocycles. The van der Waals surface area contributed by atoms with Gasteiger partial charge in [-0.2, -0.15) is 5.10 Å². The average molecular weight is 229 g/mol. The van der Waals surface area contributed by atoms with Crippen LogP contribution in [0.4, 0.5) is 0 Å². The quantitative estimate of drug-likeness (QED) is 0.567. The molecule has 15 heavy (non-hydrogen) atoms. The fourth-order valence-corrected chi connectivity index (χ4v) is 2.02. The Morgan fingerprint density at radius 3 is 2.93 bits per heavy atom. The van der Waals surface area contributed by atoms with Crippen LogP contribution in [0.25, 0.3) is 0 Å². The molecule has 0 aromatic carbocycles. The van der Waals surface area contributed by atoms with Crippen LogP contribution in [-0.2, 0) is 11.8 Å². The van der Waals surface area contributed by atoms with Crippen molar-refractivity contribution in [1.82, 2.24) is 14.8 Å². The lowest BCUT2D eigenvalue weighted by atomic mass is 10.2. The zero-order chi connectivity index (χ0) is 11.1. The van der Waals surface area contributed by atoms with Crippen molar-refractivity contribution in [1.29, 1.82) is 0 Å². The smallest absolute Gasteiger partial charge is 0.303 e. The SMILES string of the molecule is Cn1ncnc1SCCCCCC(=O)O. The first-order valence-corrected chi connectivity index (χ1v) is 5.87. The summed E-state index contributed by atoms with van der Waals surface area (Å²) in [6, 6.07) is 0. The Kier molecular flexibility index (Phi) is 5.17. The van der Waals surface area contributed by atoms with Crippen LogP contribution in [0.3, 0.4) is 0 Å². The van der Waals surface area contributed by atoms with Crippen LogP contribution >= 0.6 is 11.8 Å². The molecule has 1 rings (SSSR count). The zero-order valence-corrected chi connectivity index (χ0v) is 9.53. The largest absolute Gasteiger partial charge is 0.481 e. The first kappa shape index (κ1) is 12.0. The van der Waals surface area contributed by atoms with Crippen molar-refractivity contribution in [2.75, 3.05) is 5.75 Å². The van der Waals surface area contributed by atoms with Crippen molar-refractivity contribution in [3.63, 3.8) is 0 Å². The van der Waals surface area contributed by atoms with E-state index in [4.69, 9.17) is 5.11 Å². The highest BCUT2D eigenvalue weighted by atomic mass is 32.2. The second-order valence-corrected chi connectivity index (χ2v) is 4.28. The Hall–Kier alpha value is -1.04. The number of hydrogen-bond donors (Lipinski definition) is 1. The molecule has 0 saturated heterocycles. The maximum absolute atomic E-state index is 10.2. The van der Waals surface area contributed by atoms with Gasteiger partial charge in [0.05, 0.1) is 0 Å². The van der Waals surface area contributed by atoms with Crippen LogP contribution in [0.15, 0.2) is 11.5 Å². The number of unbranched alkanes of at least 4 members (excludes halogenated alkanes) is 2. The van der Waals surface area contributed by atoms with Crippen LogP contribution in [0.5, 0.6) is 0 Å². The number of aryl methyl sites for hydroxylation is 1. The highest BCUT2D eigenvalue weighted by Crippen LogP contribution is 2.15. The molecule has 0 aliphatic rings. The van der Waals surface area contributed by atoms with E-state index < -0.39 is 5.97 Å². The molecule has 0 unspecified atom stereocenters. The molecule has 84 valence electrons. The van der Waals surface area contributed by atoms with Crippen LogP contribution in [-0.4, -0.2) is 31.6 Å². The maximum Gasteiger partial charge on any atom is 0.303 e. The van der Waals surface area contributed by atoms with Gasteiger partial charge in [-0.1, -0.05) is 18.2 Å². The lowest BCUT2D eigenvalue weighted by Gasteiger charge is -1.99. The summed E-state index contributed by atoms with van der Waals surface area (Å²) in [5.74, 6) is 0.252. The number of thioether (sulfide) groups is 1. The second kappa shape index (κ2) is 6.44. The predicted octanol–water partition coefficient (Wildman–Crippen LogP) is 1.55. The van der Waals surface area contributed by atoms with E-state index in [1.165, 1.54) is 6.33 Å². The summed E-state index contributed by atoms with van der Waals surface area (Å²) in [7, 11) is 1.86. The van der Waals surface area contributed by atoms with Crippen LogP contribution < -0.4 is 0 Å². The Labute approximate surface area is 92.9 Å². The molecule has 6 heteroatoms. The fraction of sp³-hybridized carbons (Fsp3) is 0.667. The number of nitrogens with zero attached hydrogens (tertiary/aromatic N) is 3. The van der Waals surface area contributed by atoms with Crippen molar-refractivity contribution in [2.24, 2.45) is 7.05 Å². The van der Waals surface area contributed by atoms with Gasteiger partial charge in [-0.05, 0) is 12.8 Å². The highest BCUT2D eigenvalue weighted by Gasteiger charge is 2.01. The minimum Gasteiger partial charge on any atom is -0.481 e. The number of rotatable bonds is 7. The normalized spacial score (nSPS) is 10.5. The molecule has 0 spiro atoms. The molecule has 0 aliphatic heterocycles. The second-order valence-electron chi connectivity index (χ2n) is 3.22. The Morgan fingerprint density at radius 1 is 1.53 bits per heavy atom. The molecule has 1 aromatic heterocycles. The molecule has 0 fully saturated rings. The molecule has 1 heterocycles. The first-order valence-electron chi connectivity index (χ1n) is 4.88. The van der Waals surface area contributed by atoms with E-state index in [0.717, 1.165) is 30.2 Å². The van der Waals surface area contributed by atoms with Gasteiger partial charge < -0.3 is 5.11 Å².